The predicted molar refractivity (Wildman–Crippen MR) is 66.3 cm³/mol. The van der Waals surface area contributed by atoms with Crippen molar-refractivity contribution in [1.82, 2.24) is 0 Å². The third-order valence-electron chi connectivity index (χ3n) is 4.08. The minimum atomic E-state index is -0.277. The van der Waals surface area contributed by atoms with Gasteiger partial charge in [-0.25, -0.2) is 0 Å². The van der Waals surface area contributed by atoms with Gasteiger partial charge < -0.3 is 4.74 Å². The van der Waals surface area contributed by atoms with Gasteiger partial charge in [0.15, 0.2) is 0 Å². The monoisotopic (exact) mass is 226 g/mol. The van der Waals surface area contributed by atoms with Crippen LogP contribution in [-0.4, -0.2) is 11.6 Å². The van der Waals surface area contributed by atoms with Crippen molar-refractivity contribution in [1.29, 1.82) is 0 Å². The third kappa shape index (κ3) is 2.99. The van der Waals surface area contributed by atoms with Crippen molar-refractivity contribution >= 4 is 5.97 Å². The van der Waals surface area contributed by atoms with Gasteiger partial charge >= 0.3 is 5.97 Å². The molecule has 0 aromatic carbocycles. The minimum Gasteiger partial charge on any atom is -0.459 e. The van der Waals surface area contributed by atoms with Crippen molar-refractivity contribution in [2.75, 3.05) is 0 Å². The van der Waals surface area contributed by atoms with Gasteiger partial charge in [-0.2, -0.15) is 0 Å². The highest BCUT2D eigenvalue weighted by molar-refractivity contribution is 5.76. The molecule has 1 atom stereocenters. The Kier molecular flexibility index (Phi) is 4.40. The highest BCUT2D eigenvalue weighted by Gasteiger charge is 2.39. The van der Waals surface area contributed by atoms with Crippen LogP contribution in [0.3, 0.4) is 0 Å². The maximum Gasteiger partial charge on any atom is 0.312 e. The molecular weight excluding hydrogens is 200 g/mol. The Morgan fingerprint density at radius 2 is 1.88 bits per heavy atom. The number of carbonyl (C=O) groups is 1. The van der Waals surface area contributed by atoms with Crippen LogP contribution in [0, 0.1) is 5.41 Å². The molecular formula is C14H26O2. The number of rotatable bonds is 5. The first kappa shape index (κ1) is 13.5. The smallest absolute Gasteiger partial charge is 0.312 e. The molecule has 0 bridgehead atoms. The van der Waals surface area contributed by atoms with E-state index in [4.69, 9.17) is 4.74 Å². The topological polar surface area (TPSA) is 26.3 Å². The number of ether oxygens (including phenoxy) is 1. The summed E-state index contributed by atoms with van der Waals surface area (Å²) < 4.78 is 5.77. The molecule has 16 heavy (non-hydrogen) atoms. The normalized spacial score (nSPS) is 22.8. The summed E-state index contributed by atoms with van der Waals surface area (Å²) in [6.07, 6.45) is 7.29. The van der Waals surface area contributed by atoms with Crippen molar-refractivity contribution in [3.8, 4) is 0 Å². The second-order valence-electron chi connectivity index (χ2n) is 5.71. The first-order valence-corrected chi connectivity index (χ1v) is 6.69. The molecule has 1 rings (SSSR count). The summed E-state index contributed by atoms with van der Waals surface area (Å²) in [4.78, 5) is 12.2. The van der Waals surface area contributed by atoms with E-state index >= 15 is 0 Å². The second kappa shape index (κ2) is 5.20. The Bertz CT molecular complexity index is 241. The highest BCUT2D eigenvalue weighted by atomic mass is 16.6. The summed E-state index contributed by atoms with van der Waals surface area (Å²) in [5.41, 5.74) is -0.457. The Morgan fingerprint density at radius 3 is 2.31 bits per heavy atom. The Labute approximate surface area is 99.8 Å². The molecule has 0 saturated heterocycles. The molecule has 94 valence electrons. The van der Waals surface area contributed by atoms with E-state index in [1.807, 2.05) is 6.92 Å². The summed E-state index contributed by atoms with van der Waals surface area (Å²) >= 11 is 0. The zero-order valence-corrected chi connectivity index (χ0v) is 11.3. The van der Waals surface area contributed by atoms with Gasteiger partial charge in [0.05, 0.1) is 5.41 Å². The zero-order chi connectivity index (χ0) is 12.2. The number of hydrogen-bond acceptors (Lipinski definition) is 2. The zero-order valence-electron chi connectivity index (χ0n) is 11.3. The Morgan fingerprint density at radius 1 is 1.31 bits per heavy atom. The minimum absolute atomic E-state index is 0.0150. The maximum absolute atomic E-state index is 12.2. The van der Waals surface area contributed by atoms with Gasteiger partial charge in [-0.1, -0.05) is 20.3 Å². The molecule has 2 nitrogen and oxygen atoms in total. The van der Waals surface area contributed by atoms with E-state index in [2.05, 4.69) is 20.8 Å². The molecule has 0 N–H and O–H groups in total. The molecule has 1 aliphatic carbocycles. The van der Waals surface area contributed by atoms with E-state index in [1.165, 1.54) is 12.8 Å². The average Bonchev–Trinajstić information content (AvgIpc) is 2.65. The van der Waals surface area contributed by atoms with E-state index in [0.29, 0.717) is 0 Å². The van der Waals surface area contributed by atoms with Crippen LogP contribution in [0.15, 0.2) is 0 Å². The van der Waals surface area contributed by atoms with Crippen LogP contribution in [0.5, 0.6) is 0 Å². The molecule has 0 aromatic heterocycles. The van der Waals surface area contributed by atoms with Gasteiger partial charge in [0.2, 0.25) is 0 Å². The molecule has 0 spiro atoms. The van der Waals surface area contributed by atoms with Crippen molar-refractivity contribution in [3.05, 3.63) is 0 Å². The van der Waals surface area contributed by atoms with Crippen LogP contribution < -0.4 is 0 Å². The lowest BCUT2D eigenvalue weighted by molar-refractivity contribution is -0.170. The lowest BCUT2D eigenvalue weighted by atomic mass is 9.83. The molecule has 0 aliphatic heterocycles. The molecule has 1 saturated carbocycles. The summed E-state index contributed by atoms with van der Waals surface area (Å²) in [5, 5.41) is 0. The lowest BCUT2D eigenvalue weighted by Crippen LogP contribution is -2.37. The SMILES string of the molecule is CCCC(C)(CC)C(=O)OC1(C)CCCC1. The molecule has 1 fully saturated rings. The molecule has 0 amide bonds. The van der Waals surface area contributed by atoms with Crippen LogP contribution in [0.1, 0.15) is 72.6 Å². The van der Waals surface area contributed by atoms with Crippen LogP contribution >= 0.6 is 0 Å². The molecule has 0 radical (unpaired) electrons. The second-order valence-corrected chi connectivity index (χ2v) is 5.71. The Hall–Kier alpha value is -0.530. The first-order valence-electron chi connectivity index (χ1n) is 6.69. The van der Waals surface area contributed by atoms with E-state index in [1.54, 1.807) is 0 Å². The van der Waals surface area contributed by atoms with E-state index in [0.717, 1.165) is 32.1 Å². The van der Waals surface area contributed by atoms with Gasteiger partial charge in [0.1, 0.15) is 5.60 Å². The standard InChI is InChI=1S/C14H26O2/c1-5-9-13(3,6-2)12(15)16-14(4)10-7-8-11-14/h5-11H2,1-4H3. The fourth-order valence-electron chi connectivity index (χ4n) is 2.55. The van der Waals surface area contributed by atoms with Gasteiger partial charge in [0, 0.05) is 0 Å². The van der Waals surface area contributed by atoms with Crippen LogP contribution in [0.2, 0.25) is 0 Å². The van der Waals surface area contributed by atoms with Crippen LogP contribution in [0.25, 0.3) is 0 Å². The highest BCUT2D eigenvalue weighted by Crippen LogP contribution is 2.37. The van der Waals surface area contributed by atoms with E-state index < -0.39 is 0 Å². The first-order chi connectivity index (χ1) is 7.46. The van der Waals surface area contributed by atoms with Gasteiger partial charge in [0.25, 0.3) is 0 Å². The van der Waals surface area contributed by atoms with E-state index in [9.17, 15) is 4.79 Å². The predicted octanol–water partition coefficient (Wildman–Crippen LogP) is 4.08. The summed E-state index contributed by atoms with van der Waals surface area (Å²) in [6.45, 7) is 8.32. The average molecular weight is 226 g/mol. The fourth-order valence-corrected chi connectivity index (χ4v) is 2.55. The van der Waals surface area contributed by atoms with Crippen LogP contribution in [0.4, 0.5) is 0 Å². The largest absolute Gasteiger partial charge is 0.459 e. The summed E-state index contributed by atoms with van der Waals surface area (Å²) in [7, 11) is 0. The maximum atomic E-state index is 12.2. The number of carbonyl (C=O) groups excluding carboxylic acids is 1. The summed E-state index contributed by atoms with van der Waals surface area (Å²) in [6, 6.07) is 0. The Balaban J connectivity index is 2.62. The molecule has 2 heteroatoms. The van der Waals surface area contributed by atoms with Gasteiger partial charge in [-0.05, 0) is 52.4 Å². The molecule has 1 unspecified atom stereocenters. The molecule has 0 heterocycles. The van der Waals surface area contributed by atoms with Crippen molar-refractivity contribution in [3.63, 3.8) is 0 Å². The molecule has 0 aromatic rings. The third-order valence-corrected chi connectivity index (χ3v) is 4.08. The lowest BCUT2D eigenvalue weighted by Gasteiger charge is -2.32. The fraction of sp³-hybridized carbons (Fsp3) is 0.929. The molecule has 1 aliphatic rings. The van der Waals surface area contributed by atoms with Crippen molar-refractivity contribution in [2.45, 2.75) is 78.2 Å². The number of hydrogen-bond donors (Lipinski definition) is 0. The van der Waals surface area contributed by atoms with Crippen molar-refractivity contribution in [2.24, 2.45) is 5.41 Å². The number of esters is 1. The van der Waals surface area contributed by atoms with Gasteiger partial charge in [-0.15, -0.1) is 0 Å². The van der Waals surface area contributed by atoms with Gasteiger partial charge in [-0.3, -0.25) is 4.79 Å². The quantitative estimate of drug-likeness (QED) is 0.660. The van der Waals surface area contributed by atoms with Crippen molar-refractivity contribution < 1.29 is 9.53 Å². The van der Waals surface area contributed by atoms with Crippen LogP contribution in [-0.2, 0) is 9.53 Å². The summed E-state index contributed by atoms with van der Waals surface area (Å²) in [5.74, 6) is 0.0150. The van der Waals surface area contributed by atoms with E-state index in [-0.39, 0.29) is 17.0 Å².